The van der Waals surface area contributed by atoms with Gasteiger partial charge in [-0.3, -0.25) is 4.99 Å². The summed E-state index contributed by atoms with van der Waals surface area (Å²) in [6, 6.07) is 22.3. The van der Waals surface area contributed by atoms with Crippen molar-refractivity contribution in [1.29, 1.82) is 0 Å². The lowest BCUT2D eigenvalue weighted by atomic mass is 10.2. The van der Waals surface area contributed by atoms with Crippen LogP contribution in [0.4, 0.5) is 5.69 Å². The van der Waals surface area contributed by atoms with E-state index in [1.807, 2.05) is 49.4 Å². The topological polar surface area (TPSA) is 47.9 Å². The summed E-state index contributed by atoms with van der Waals surface area (Å²) < 4.78 is 11.1. The summed E-state index contributed by atoms with van der Waals surface area (Å²) >= 11 is 0. The molecule has 0 bridgehead atoms. The number of ether oxygens (including phenoxy) is 2. The summed E-state index contributed by atoms with van der Waals surface area (Å²) in [5.41, 5.74) is 3.28. The predicted octanol–water partition coefficient (Wildman–Crippen LogP) is 6.53. The molecule has 0 spiro atoms. The molecule has 4 heteroatoms. The Balaban J connectivity index is 1.54. The maximum atomic E-state index is 12.3. The molecule has 0 N–H and O–H groups in total. The van der Waals surface area contributed by atoms with Crippen LogP contribution >= 0.6 is 0 Å². The number of carbonyl (C=O) groups excluding carboxylic acids is 1. The Labute approximate surface area is 178 Å². The smallest absolute Gasteiger partial charge is 0.343 e. The zero-order chi connectivity index (χ0) is 21.2. The lowest BCUT2D eigenvalue weighted by Crippen LogP contribution is -2.08. The minimum atomic E-state index is -0.384. The second-order valence-electron chi connectivity index (χ2n) is 7.14. The quantitative estimate of drug-likeness (QED) is 0.177. The molecule has 0 saturated heterocycles. The van der Waals surface area contributed by atoms with Gasteiger partial charge in [0.25, 0.3) is 0 Å². The summed E-state index contributed by atoms with van der Waals surface area (Å²) in [5.74, 6) is 1.03. The average molecular weight is 402 g/mol. The molecule has 3 aromatic carbocycles. The molecule has 0 aliphatic carbocycles. The molecule has 3 rings (SSSR count). The molecule has 0 saturated carbocycles. The van der Waals surface area contributed by atoms with Crippen molar-refractivity contribution < 1.29 is 14.3 Å². The van der Waals surface area contributed by atoms with Gasteiger partial charge in [0.05, 0.1) is 17.9 Å². The first-order chi connectivity index (χ1) is 14.6. The molecule has 0 unspecified atom stereocenters. The number of hydrogen-bond donors (Lipinski definition) is 0. The zero-order valence-electron chi connectivity index (χ0n) is 17.5. The van der Waals surface area contributed by atoms with Crippen molar-refractivity contribution in [2.75, 3.05) is 6.61 Å². The van der Waals surface area contributed by atoms with Crippen LogP contribution in [0.3, 0.4) is 0 Å². The Hall–Kier alpha value is -3.40. The second kappa shape index (κ2) is 11.0. The fraction of sp³-hybridized carbons (Fsp3) is 0.231. The highest BCUT2D eigenvalue weighted by atomic mass is 16.5. The van der Waals surface area contributed by atoms with E-state index in [1.165, 1.54) is 12.8 Å². The number of hydrogen-bond acceptors (Lipinski definition) is 4. The van der Waals surface area contributed by atoms with Crippen molar-refractivity contribution in [1.82, 2.24) is 0 Å². The van der Waals surface area contributed by atoms with Gasteiger partial charge in [-0.25, -0.2) is 4.79 Å². The molecule has 0 atom stereocenters. The molecule has 0 heterocycles. The molecule has 4 nitrogen and oxygen atoms in total. The Morgan fingerprint density at radius 1 is 0.933 bits per heavy atom. The van der Waals surface area contributed by atoms with Crippen LogP contribution in [-0.2, 0) is 0 Å². The first kappa shape index (κ1) is 21.3. The van der Waals surface area contributed by atoms with E-state index in [9.17, 15) is 4.79 Å². The molecule has 0 fully saturated rings. The number of nitrogens with zero attached hydrogens (tertiary/aromatic N) is 1. The molecular formula is C26H27NO3. The van der Waals surface area contributed by atoms with Gasteiger partial charge < -0.3 is 9.47 Å². The summed E-state index contributed by atoms with van der Waals surface area (Å²) in [6.45, 7) is 4.89. The van der Waals surface area contributed by atoms with Crippen molar-refractivity contribution in [3.63, 3.8) is 0 Å². The normalized spacial score (nSPS) is 10.9. The molecule has 3 aromatic rings. The first-order valence-electron chi connectivity index (χ1n) is 10.3. The van der Waals surface area contributed by atoms with Crippen LogP contribution in [0.25, 0.3) is 0 Å². The third-order valence-electron chi connectivity index (χ3n) is 4.56. The van der Waals surface area contributed by atoms with E-state index in [-0.39, 0.29) is 5.97 Å². The molecule has 0 aliphatic heterocycles. The highest BCUT2D eigenvalue weighted by Gasteiger charge is 2.08. The SMILES string of the molecule is CCCCCOc1ccc(C=Nc2ccc(C(=O)Oc3cccc(C)c3)cc2)cc1. The lowest BCUT2D eigenvalue weighted by Gasteiger charge is -2.06. The highest BCUT2D eigenvalue weighted by Crippen LogP contribution is 2.18. The standard InChI is InChI=1S/C26H27NO3/c1-3-4-5-17-29-24-15-9-21(10-16-24)19-27-23-13-11-22(12-14-23)26(28)30-25-8-6-7-20(2)18-25/h6-16,18-19H,3-5,17H2,1-2H3. The van der Waals surface area contributed by atoms with E-state index < -0.39 is 0 Å². The third kappa shape index (κ3) is 6.59. The molecule has 30 heavy (non-hydrogen) atoms. The van der Waals surface area contributed by atoms with Gasteiger partial charge in [0, 0.05) is 6.21 Å². The van der Waals surface area contributed by atoms with Crippen molar-refractivity contribution in [2.45, 2.75) is 33.1 Å². The Kier molecular flexibility index (Phi) is 7.78. The fourth-order valence-corrected chi connectivity index (χ4v) is 2.87. The molecule has 0 aromatic heterocycles. The van der Waals surface area contributed by atoms with Gasteiger partial charge in [-0.2, -0.15) is 0 Å². The van der Waals surface area contributed by atoms with Gasteiger partial charge in [0.15, 0.2) is 0 Å². The number of rotatable bonds is 9. The largest absolute Gasteiger partial charge is 0.494 e. The van der Waals surface area contributed by atoms with Crippen LogP contribution in [0.15, 0.2) is 77.8 Å². The number of aryl methyl sites for hydroxylation is 1. The van der Waals surface area contributed by atoms with Crippen molar-refractivity contribution in [3.8, 4) is 11.5 Å². The lowest BCUT2D eigenvalue weighted by molar-refractivity contribution is 0.0735. The van der Waals surface area contributed by atoms with Gasteiger partial charge in [-0.05, 0) is 85.1 Å². The fourth-order valence-electron chi connectivity index (χ4n) is 2.87. The summed E-state index contributed by atoms with van der Waals surface area (Å²) in [4.78, 5) is 16.8. The maximum absolute atomic E-state index is 12.3. The number of carbonyl (C=O) groups is 1. The van der Waals surface area contributed by atoms with E-state index in [1.54, 1.807) is 36.5 Å². The number of benzene rings is 3. The summed E-state index contributed by atoms with van der Waals surface area (Å²) in [6.07, 6.45) is 5.25. The van der Waals surface area contributed by atoms with Crippen molar-refractivity contribution >= 4 is 17.9 Å². The van der Waals surface area contributed by atoms with Crippen LogP contribution in [0.5, 0.6) is 11.5 Å². The average Bonchev–Trinajstić information content (AvgIpc) is 2.76. The minimum Gasteiger partial charge on any atom is -0.494 e. The highest BCUT2D eigenvalue weighted by molar-refractivity contribution is 5.91. The van der Waals surface area contributed by atoms with E-state index in [0.29, 0.717) is 11.3 Å². The number of unbranched alkanes of at least 4 members (excludes halogenated alkanes) is 2. The van der Waals surface area contributed by atoms with E-state index in [4.69, 9.17) is 9.47 Å². The predicted molar refractivity (Wildman–Crippen MR) is 121 cm³/mol. The van der Waals surface area contributed by atoms with Crippen LogP contribution in [0.2, 0.25) is 0 Å². The van der Waals surface area contributed by atoms with Gasteiger partial charge in [0.2, 0.25) is 0 Å². The Morgan fingerprint density at radius 2 is 1.70 bits per heavy atom. The second-order valence-corrected chi connectivity index (χ2v) is 7.14. The van der Waals surface area contributed by atoms with Crippen molar-refractivity contribution in [3.05, 3.63) is 89.5 Å². The van der Waals surface area contributed by atoms with Gasteiger partial charge in [-0.1, -0.05) is 31.9 Å². The molecular weight excluding hydrogens is 374 g/mol. The van der Waals surface area contributed by atoms with Crippen LogP contribution in [-0.4, -0.2) is 18.8 Å². The van der Waals surface area contributed by atoms with Gasteiger partial charge in [0.1, 0.15) is 11.5 Å². The van der Waals surface area contributed by atoms with E-state index in [0.717, 1.165) is 35.6 Å². The third-order valence-corrected chi connectivity index (χ3v) is 4.56. The summed E-state index contributed by atoms with van der Waals surface area (Å²) in [7, 11) is 0. The molecule has 154 valence electrons. The number of aliphatic imine (C=N–C) groups is 1. The van der Waals surface area contributed by atoms with Gasteiger partial charge in [-0.15, -0.1) is 0 Å². The molecule has 0 amide bonds. The van der Waals surface area contributed by atoms with Crippen molar-refractivity contribution in [2.24, 2.45) is 4.99 Å². The minimum absolute atomic E-state index is 0.384. The Morgan fingerprint density at radius 3 is 2.40 bits per heavy atom. The number of esters is 1. The zero-order valence-corrected chi connectivity index (χ0v) is 17.5. The molecule has 0 radical (unpaired) electrons. The maximum Gasteiger partial charge on any atom is 0.343 e. The van der Waals surface area contributed by atoms with Crippen LogP contribution in [0.1, 0.15) is 47.7 Å². The van der Waals surface area contributed by atoms with Gasteiger partial charge >= 0.3 is 5.97 Å². The monoisotopic (exact) mass is 401 g/mol. The van der Waals surface area contributed by atoms with Crippen LogP contribution in [0, 0.1) is 6.92 Å². The van der Waals surface area contributed by atoms with E-state index in [2.05, 4.69) is 11.9 Å². The first-order valence-corrected chi connectivity index (χ1v) is 10.3. The Bertz CT molecular complexity index is 976. The molecule has 0 aliphatic rings. The van der Waals surface area contributed by atoms with E-state index >= 15 is 0 Å². The summed E-state index contributed by atoms with van der Waals surface area (Å²) in [5, 5.41) is 0. The van der Waals surface area contributed by atoms with Crippen LogP contribution < -0.4 is 9.47 Å².